The van der Waals surface area contributed by atoms with Crippen LogP contribution in [0.4, 0.5) is 5.82 Å². The van der Waals surface area contributed by atoms with Gasteiger partial charge in [-0.25, -0.2) is 14.5 Å². The van der Waals surface area contributed by atoms with E-state index in [2.05, 4.69) is 76.9 Å². The molecular formula is C30H39N9. The van der Waals surface area contributed by atoms with E-state index in [4.69, 9.17) is 15.0 Å². The third-order valence-corrected chi connectivity index (χ3v) is 8.60. The Morgan fingerprint density at radius 1 is 0.923 bits per heavy atom. The zero-order valence-corrected chi connectivity index (χ0v) is 23.8. The Hall–Kier alpha value is -3.43. The van der Waals surface area contributed by atoms with Crippen LogP contribution in [0.15, 0.2) is 36.7 Å². The summed E-state index contributed by atoms with van der Waals surface area (Å²) in [5.74, 6) is 2.95. The molecule has 1 aromatic carbocycles. The van der Waals surface area contributed by atoms with E-state index in [1.54, 1.807) is 0 Å². The van der Waals surface area contributed by atoms with Crippen LogP contribution >= 0.6 is 0 Å². The summed E-state index contributed by atoms with van der Waals surface area (Å²) in [7, 11) is 2.21. The van der Waals surface area contributed by atoms with Crippen LogP contribution in [0.2, 0.25) is 0 Å². The minimum atomic E-state index is 0.545. The first-order chi connectivity index (χ1) is 18.8. The van der Waals surface area contributed by atoms with E-state index >= 15 is 0 Å². The maximum Gasteiger partial charge on any atom is 0.252 e. The molecule has 5 heterocycles. The zero-order valence-electron chi connectivity index (χ0n) is 23.8. The maximum atomic E-state index is 4.80. The molecular weight excluding hydrogens is 486 g/mol. The van der Waals surface area contributed by atoms with Crippen molar-refractivity contribution < 1.29 is 0 Å². The van der Waals surface area contributed by atoms with Crippen LogP contribution in [0, 0.1) is 26.7 Å². The smallest absolute Gasteiger partial charge is 0.252 e. The molecule has 2 atom stereocenters. The van der Waals surface area contributed by atoms with Crippen LogP contribution in [-0.2, 0) is 13.0 Å². The maximum absolute atomic E-state index is 4.80. The van der Waals surface area contributed by atoms with Gasteiger partial charge in [-0.15, -0.1) is 0 Å². The highest BCUT2D eigenvalue weighted by Gasteiger charge is 2.26. The van der Waals surface area contributed by atoms with E-state index < -0.39 is 0 Å². The van der Waals surface area contributed by atoms with E-state index in [1.807, 2.05) is 23.8 Å². The number of rotatable bonds is 6. The summed E-state index contributed by atoms with van der Waals surface area (Å²) in [5, 5.41) is 4.53. The average molecular weight is 526 g/mol. The number of hydrogen-bond donors (Lipinski definition) is 0. The van der Waals surface area contributed by atoms with Crippen LogP contribution in [-0.4, -0.2) is 85.2 Å². The van der Waals surface area contributed by atoms with Crippen LogP contribution in [0.5, 0.6) is 0 Å². The van der Waals surface area contributed by atoms with Crippen LogP contribution < -0.4 is 4.90 Å². The van der Waals surface area contributed by atoms with Crippen molar-refractivity contribution in [3.05, 3.63) is 65.0 Å². The molecule has 9 heteroatoms. The highest BCUT2D eigenvalue weighted by atomic mass is 15.3. The van der Waals surface area contributed by atoms with Gasteiger partial charge in [-0.3, -0.25) is 9.88 Å². The molecule has 2 aliphatic rings. The minimum Gasteiger partial charge on any atom is -0.355 e. The number of nitrogens with zero attached hydrogens (tertiary/aromatic N) is 9. The molecule has 2 fully saturated rings. The molecule has 3 aromatic heterocycles. The second-order valence-corrected chi connectivity index (χ2v) is 11.5. The lowest BCUT2D eigenvalue weighted by Gasteiger charge is -2.37. The van der Waals surface area contributed by atoms with E-state index in [0.29, 0.717) is 17.7 Å². The number of piperazine rings is 1. The Bertz CT molecular complexity index is 1440. The van der Waals surface area contributed by atoms with Gasteiger partial charge in [-0.2, -0.15) is 10.1 Å². The molecule has 0 saturated carbocycles. The predicted octanol–water partition coefficient (Wildman–Crippen LogP) is 3.71. The van der Waals surface area contributed by atoms with E-state index in [9.17, 15) is 0 Å². The van der Waals surface area contributed by atoms with Gasteiger partial charge in [0, 0.05) is 62.3 Å². The SMILES string of the molecule is Cc1nc2nc(C)c(C[C@@H]3CCN(c4cnc(-c5ccc(CN6CCN(C)[C@H](C)C6)cc5)cn4)C3)c(C)n2n1. The van der Waals surface area contributed by atoms with Crippen LogP contribution in [0.3, 0.4) is 0 Å². The van der Waals surface area contributed by atoms with Crippen LogP contribution in [0.25, 0.3) is 17.0 Å². The summed E-state index contributed by atoms with van der Waals surface area (Å²) in [5.41, 5.74) is 6.86. The lowest BCUT2D eigenvalue weighted by Crippen LogP contribution is -2.49. The quantitative estimate of drug-likeness (QED) is 0.377. The molecule has 2 saturated heterocycles. The molecule has 0 amide bonds. The summed E-state index contributed by atoms with van der Waals surface area (Å²) in [6.45, 7) is 14.8. The van der Waals surface area contributed by atoms with Crippen molar-refractivity contribution in [2.24, 2.45) is 5.92 Å². The summed E-state index contributed by atoms with van der Waals surface area (Å²) >= 11 is 0. The van der Waals surface area contributed by atoms with Gasteiger partial charge in [0.05, 0.1) is 18.1 Å². The molecule has 6 rings (SSSR count). The molecule has 4 aromatic rings. The van der Waals surface area contributed by atoms with Gasteiger partial charge in [0.25, 0.3) is 5.78 Å². The van der Waals surface area contributed by atoms with Gasteiger partial charge < -0.3 is 9.80 Å². The Morgan fingerprint density at radius 2 is 1.74 bits per heavy atom. The van der Waals surface area contributed by atoms with Crippen molar-refractivity contribution in [3.8, 4) is 11.3 Å². The first-order valence-electron chi connectivity index (χ1n) is 14.1. The molecule has 39 heavy (non-hydrogen) atoms. The third-order valence-electron chi connectivity index (χ3n) is 8.60. The van der Waals surface area contributed by atoms with Crippen LogP contribution in [0.1, 0.15) is 41.7 Å². The Labute approximate surface area is 230 Å². The lowest BCUT2D eigenvalue weighted by atomic mass is 9.96. The van der Waals surface area contributed by atoms with Gasteiger partial charge in [0.1, 0.15) is 11.6 Å². The topological polar surface area (TPSA) is 78.6 Å². The van der Waals surface area contributed by atoms with E-state index in [0.717, 1.165) is 86.4 Å². The first kappa shape index (κ1) is 25.8. The Morgan fingerprint density at radius 3 is 2.49 bits per heavy atom. The van der Waals surface area contributed by atoms with Gasteiger partial charge in [-0.1, -0.05) is 24.3 Å². The van der Waals surface area contributed by atoms with Gasteiger partial charge in [0.2, 0.25) is 0 Å². The predicted molar refractivity (Wildman–Crippen MR) is 154 cm³/mol. The molecule has 0 spiro atoms. The second-order valence-electron chi connectivity index (χ2n) is 11.5. The number of fused-ring (bicyclic) bond motifs is 1. The largest absolute Gasteiger partial charge is 0.355 e. The van der Waals surface area contributed by atoms with E-state index in [-0.39, 0.29) is 0 Å². The summed E-state index contributed by atoms with van der Waals surface area (Å²) in [6, 6.07) is 9.43. The molecule has 0 N–H and O–H groups in total. The molecule has 9 nitrogen and oxygen atoms in total. The zero-order chi connectivity index (χ0) is 27.1. The fourth-order valence-corrected chi connectivity index (χ4v) is 6.04. The van der Waals surface area contributed by atoms with Crippen molar-refractivity contribution >= 4 is 11.6 Å². The van der Waals surface area contributed by atoms with Crippen molar-refractivity contribution in [2.45, 2.75) is 53.1 Å². The van der Waals surface area contributed by atoms with Gasteiger partial charge >= 0.3 is 0 Å². The summed E-state index contributed by atoms with van der Waals surface area (Å²) < 4.78 is 1.88. The molecule has 0 bridgehead atoms. The van der Waals surface area contributed by atoms with Crippen molar-refractivity contribution in [2.75, 3.05) is 44.7 Å². The highest BCUT2D eigenvalue weighted by Crippen LogP contribution is 2.28. The highest BCUT2D eigenvalue weighted by molar-refractivity contribution is 5.59. The number of aryl methyl sites for hydroxylation is 3. The lowest BCUT2D eigenvalue weighted by molar-refractivity contribution is 0.1000. The molecule has 0 unspecified atom stereocenters. The number of hydrogen-bond acceptors (Lipinski definition) is 8. The fourth-order valence-electron chi connectivity index (χ4n) is 6.04. The normalized spacial score (nSPS) is 20.8. The summed E-state index contributed by atoms with van der Waals surface area (Å²) in [4.78, 5) is 26.1. The standard InChI is InChI=1S/C30H39N9/c1-20-17-37(13-12-36(20)5)18-24-6-8-26(9-7-24)28-15-32-29(16-31-28)38-11-10-25(19-38)14-27-21(2)33-30-34-23(4)35-39(30)22(27)3/h6-9,15-16,20,25H,10-14,17-19H2,1-5H3/t20-,25+/m1/s1. The summed E-state index contributed by atoms with van der Waals surface area (Å²) in [6.07, 6.45) is 5.96. The number of anilines is 1. The third kappa shape index (κ3) is 5.38. The number of benzene rings is 1. The first-order valence-corrected chi connectivity index (χ1v) is 14.1. The van der Waals surface area contributed by atoms with E-state index in [1.165, 1.54) is 11.1 Å². The second kappa shape index (κ2) is 10.6. The van der Waals surface area contributed by atoms with Crippen molar-refractivity contribution in [3.63, 3.8) is 0 Å². The molecule has 0 aliphatic carbocycles. The number of likely N-dealkylation sites (N-methyl/N-ethyl adjacent to an activating group) is 1. The van der Waals surface area contributed by atoms with Crippen molar-refractivity contribution in [1.29, 1.82) is 0 Å². The monoisotopic (exact) mass is 525 g/mol. The fraction of sp³-hybridized carbons (Fsp3) is 0.500. The van der Waals surface area contributed by atoms with Crippen molar-refractivity contribution in [1.82, 2.24) is 39.3 Å². The van der Waals surface area contributed by atoms with Gasteiger partial charge in [0.15, 0.2) is 0 Å². The Kier molecular flexibility index (Phi) is 7.03. The molecule has 204 valence electrons. The minimum absolute atomic E-state index is 0.545. The number of aromatic nitrogens is 6. The molecule has 0 radical (unpaired) electrons. The molecule has 2 aliphatic heterocycles. The van der Waals surface area contributed by atoms with Gasteiger partial charge in [-0.05, 0) is 64.6 Å². The Balaban J connectivity index is 1.07. The average Bonchev–Trinajstić information content (AvgIpc) is 3.55.